The molecule has 1 aromatic carbocycles. The molecule has 6 nitrogen and oxygen atoms in total. The average molecular weight is 317 g/mol. The van der Waals surface area contributed by atoms with Crippen LogP contribution in [0.25, 0.3) is 0 Å². The van der Waals surface area contributed by atoms with Gasteiger partial charge in [0.25, 0.3) is 0 Å². The van der Waals surface area contributed by atoms with Crippen LogP contribution in [0.3, 0.4) is 0 Å². The Balaban J connectivity index is 2.10. The monoisotopic (exact) mass is 317 g/mol. The van der Waals surface area contributed by atoms with Crippen molar-refractivity contribution < 1.29 is 14.3 Å². The Labute approximate surface area is 136 Å². The summed E-state index contributed by atoms with van der Waals surface area (Å²) in [6.07, 6.45) is 3.90. The van der Waals surface area contributed by atoms with Crippen molar-refractivity contribution >= 4 is 11.6 Å². The Morgan fingerprint density at radius 2 is 1.91 bits per heavy atom. The van der Waals surface area contributed by atoms with Gasteiger partial charge in [0.1, 0.15) is 0 Å². The third-order valence-corrected chi connectivity index (χ3v) is 3.19. The predicted molar refractivity (Wildman–Crippen MR) is 89.0 cm³/mol. The molecule has 0 fully saturated rings. The quantitative estimate of drug-likeness (QED) is 0.812. The fraction of sp³-hybridized carbons (Fsp3) is 0.412. The van der Waals surface area contributed by atoms with Crippen LogP contribution in [0.5, 0.6) is 11.5 Å². The van der Waals surface area contributed by atoms with Crippen molar-refractivity contribution in [3.8, 4) is 11.5 Å². The Morgan fingerprint density at radius 1 is 1.17 bits per heavy atom. The van der Waals surface area contributed by atoms with Crippen LogP contribution in [0, 0.1) is 0 Å². The van der Waals surface area contributed by atoms with E-state index in [9.17, 15) is 4.79 Å². The van der Waals surface area contributed by atoms with Crippen molar-refractivity contribution in [1.29, 1.82) is 0 Å². The van der Waals surface area contributed by atoms with Crippen LogP contribution in [0.2, 0.25) is 0 Å². The zero-order valence-electron chi connectivity index (χ0n) is 13.8. The van der Waals surface area contributed by atoms with Gasteiger partial charge in [0.15, 0.2) is 11.5 Å². The van der Waals surface area contributed by atoms with E-state index in [0.717, 1.165) is 17.1 Å². The molecule has 0 saturated carbocycles. The van der Waals surface area contributed by atoms with Gasteiger partial charge in [-0.05, 0) is 31.5 Å². The second kappa shape index (κ2) is 8.22. The summed E-state index contributed by atoms with van der Waals surface area (Å²) in [6, 6.07) is 5.85. The highest BCUT2D eigenvalue weighted by Crippen LogP contribution is 2.28. The first kappa shape index (κ1) is 16.9. The largest absolute Gasteiger partial charge is 0.490 e. The molecule has 2 aromatic rings. The molecule has 0 aliphatic carbocycles. The molecule has 0 atom stereocenters. The highest BCUT2D eigenvalue weighted by Gasteiger charge is 2.08. The van der Waals surface area contributed by atoms with Crippen molar-refractivity contribution in [1.82, 2.24) is 9.78 Å². The number of hydrogen-bond acceptors (Lipinski definition) is 4. The molecule has 0 saturated heterocycles. The van der Waals surface area contributed by atoms with E-state index >= 15 is 0 Å². The second-order valence-corrected chi connectivity index (χ2v) is 4.98. The summed E-state index contributed by atoms with van der Waals surface area (Å²) in [5, 5.41) is 7.05. The predicted octanol–water partition coefficient (Wildman–Crippen LogP) is 3.08. The molecule has 23 heavy (non-hydrogen) atoms. The standard InChI is InChI=1S/C17H23N3O3/c1-4-17(21)19-14-10-18-20(12-14)11-13-7-8-15(22-5-2)16(9-13)23-6-3/h7-10,12H,4-6,11H2,1-3H3,(H,19,21). The Morgan fingerprint density at radius 3 is 2.61 bits per heavy atom. The molecule has 0 spiro atoms. The van der Waals surface area contributed by atoms with E-state index in [2.05, 4.69) is 10.4 Å². The lowest BCUT2D eigenvalue weighted by Gasteiger charge is -2.12. The zero-order chi connectivity index (χ0) is 16.7. The van der Waals surface area contributed by atoms with Gasteiger partial charge in [-0.3, -0.25) is 9.48 Å². The first-order valence-electron chi connectivity index (χ1n) is 7.87. The molecular weight excluding hydrogens is 294 g/mol. The normalized spacial score (nSPS) is 10.4. The van der Waals surface area contributed by atoms with Gasteiger partial charge in [-0.15, -0.1) is 0 Å². The second-order valence-electron chi connectivity index (χ2n) is 4.98. The van der Waals surface area contributed by atoms with Crippen molar-refractivity contribution in [3.05, 3.63) is 36.2 Å². The summed E-state index contributed by atoms with van der Waals surface area (Å²) in [5.41, 5.74) is 1.75. The number of nitrogens with zero attached hydrogens (tertiary/aromatic N) is 2. The van der Waals surface area contributed by atoms with Crippen LogP contribution in [-0.2, 0) is 11.3 Å². The molecule has 1 heterocycles. The fourth-order valence-corrected chi connectivity index (χ4v) is 2.14. The van der Waals surface area contributed by atoms with Gasteiger partial charge in [-0.1, -0.05) is 13.0 Å². The van der Waals surface area contributed by atoms with E-state index < -0.39 is 0 Å². The molecule has 6 heteroatoms. The molecule has 0 aliphatic rings. The van der Waals surface area contributed by atoms with E-state index in [1.165, 1.54) is 0 Å². The first-order valence-corrected chi connectivity index (χ1v) is 7.87. The highest BCUT2D eigenvalue weighted by molar-refractivity contribution is 5.90. The number of hydrogen-bond donors (Lipinski definition) is 1. The lowest BCUT2D eigenvalue weighted by molar-refractivity contribution is -0.115. The van der Waals surface area contributed by atoms with Crippen LogP contribution in [0.15, 0.2) is 30.6 Å². The molecule has 0 radical (unpaired) electrons. The minimum atomic E-state index is -0.0238. The number of carbonyl (C=O) groups excluding carboxylic acids is 1. The number of ether oxygens (including phenoxy) is 2. The Kier molecular flexibility index (Phi) is 6.02. The lowest BCUT2D eigenvalue weighted by atomic mass is 10.2. The molecule has 2 rings (SSSR count). The molecule has 1 amide bonds. The molecule has 1 N–H and O–H groups in total. The van der Waals surface area contributed by atoms with E-state index in [-0.39, 0.29) is 5.91 Å². The Hall–Kier alpha value is -2.50. The molecule has 124 valence electrons. The smallest absolute Gasteiger partial charge is 0.224 e. The number of aromatic nitrogens is 2. The number of benzene rings is 1. The summed E-state index contributed by atoms with van der Waals surface area (Å²) in [7, 11) is 0. The molecule has 0 aliphatic heterocycles. The van der Waals surface area contributed by atoms with Gasteiger partial charge in [-0.2, -0.15) is 5.10 Å². The van der Waals surface area contributed by atoms with Crippen LogP contribution in [0.4, 0.5) is 5.69 Å². The van der Waals surface area contributed by atoms with Crippen LogP contribution in [0.1, 0.15) is 32.8 Å². The number of amides is 1. The van der Waals surface area contributed by atoms with Crippen molar-refractivity contribution in [2.24, 2.45) is 0 Å². The molecule has 0 unspecified atom stereocenters. The van der Waals surface area contributed by atoms with E-state index in [0.29, 0.717) is 31.9 Å². The summed E-state index contributed by atoms with van der Waals surface area (Å²) in [6.45, 7) is 7.47. The average Bonchev–Trinajstić information content (AvgIpc) is 2.97. The van der Waals surface area contributed by atoms with E-state index in [4.69, 9.17) is 9.47 Å². The molecule has 0 bridgehead atoms. The van der Waals surface area contributed by atoms with Crippen LogP contribution >= 0.6 is 0 Å². The van der Waals surface area contributed by atoms with Gasteiger partial charge >= 0.3 is 0 Å². The molecular formula is C17H23N3O3. The third kappa shape index (κ3) is 4.74. The Bertz CT molecular complexity index is 652. The topological polar surface area (TPSA) is 65.4 Å². The lowest BCUT2D eigenvalue weighted by Crippen LogP contribution is -2.08. The fourth-order valence-electron chi connectivity index (χ4n) is 2.14. The third-order valence-electron chi connectivity index (χ3n) is 3.19. The summed E-state index contributed by atoms with van der Waals surface area (Å²) in [4.78, 5) is 11.4. The minimum Gasteiger partial charge on any atom is -0.490 e. The van der Waals surface area contributed by atoms with Gasteiger partial charge in [-0.25, -0.2) is 0 Å². The van der Waals surface area contributed by atoms with Crippen molar-refractivity contribution in [2.45, 2.75) is 33.7 Å². The number of rotatable bonds is 8. The number of nitrogens with one attached hydrogen (secondary N) is 1. The van der Waals surface area contributed by atoms with Crippen LogP contribution in [-0.4, -0.2) is 28.9 Å². The van der Waals surface area contributed by atoms with E-state index in [1.54, 1.807) is 10.9 Å². The highest BCUT2D eigenvalue weighted by atomic mass is 16.5. The SMILES string of the molecule is CCOc1ccc(Cn2cc(NC(=O)CC)cn2)cc1OCC. The van der Waals surface area contributed by atoms with Gasteiger partial charge in [0.2, 0.25) is 5.91 Å². The number of carbonyl (C=O) groups is 1. The maximum absolute atomic E-state index is 11.4. The van der Waals surface area contributed by atoms with E-state index in [1.807, 2.05) is 45.2 Å². The van der Waals surface area contributed by atoms with Gasteiger partial charge in [0, 0.05) is 12.6 Å². The summed E-state index contributed by atoms with van der Waals surface area (Å²) >= 11 is 0. The van der Waals surface area contributed by atoms with Gasteiger partial charge < -0.3 is 14.8 Å². The number of anilines is 1. The zero-order valence-corrected chi connectivity index (χ0v) is 13.8. The van der Waals surface area contributed by atoms with Crippen molar-refractivity contribution in [3.63, 3.8) is 0 Å². The maximum atomic E-state index is 11.4. The first-order chi connectivity index (χ1) is 11.2. The van der Waals surface area contributed by atoms with Crippen LogP contribution < -0.4 is 14.8 Å². The van der Waals surface area contributed by atoms with Gasteiger partial charge in [0.05, 0.1) is 31.6 Å². The minimum absolute atomic E-state index is 0.0238. The summed E-state index contributed by atoms with van der Waals surface area (Å²) < 4.78 is 13.0. The maximum Gasteiger partial charge on any atom is 0.224 e. The van der Waals surface area contributed by atoms with Crippen molar-refractivity contribution in [2.75, 3.05) is 18.5 Å². The summed E-state index contributed by atoms with van der Waals surface area (Å²) in [5.74, 6) is 1.46. The molecule has 1 aromatic heterocycles.